The Balaban J connectivity index is 2.09. The zero-order chi connectivity index (χ0) is 18.3. The lowest BCUT2D eigenvalue weighted by Gasteiger charge is -2.02. The zero-order valence-electron chi connectivity index (χ0n) is 15.0. The first-order chi connectivity index (χ1) is 13.1. The Morgan fingerprint density at radius 3 is 2.22 bits per heavy atom. The number of benzene rings is 3. The first-order valence-electron chi connectivity index (χ1n) is 9.04. The molecular weight excluding hydrogens is 334 g/mol. The summed E-state index contributed by atoms with van der Waals surface area (Å²) in [5, 5.41) is 5.20. The van der Waals surface area contributed by atoms with Gasteiger partial charge in [0.25, 0.3) is 0 Å². The topological polar surface area (TPSA) is 43.1 Å². The largest absolute Gasteiger partial charge is 0.455 e. The van der Waals surface area contributed by atoms with Crippen molar-refractivity contribution in [3.05, 3.63) is 75.9 Å². The van der Waals surface area contributed by atoms with E-state index < -0.39 is 0 Å². The molecule has 0 spiro atoms. The fourth-order valence-electron chi connectivity index (χ4n) is 4.26. The average Bonchev–Trinajstić information content (AvgIpc) is 3.06. The van der Waals surface area contributed by atoms with Gasteiger partial charge in [-0.25, -0.2) is 4.98 Å². The third-order valence-electron chi connectivity index (χ3n) is 5.63. The van der Waals surface area contributed by atoms with E-state index in [2.05, 4.69) is 6.07 Å². The maximum Gasteiger partial charge on any atom is 0.196 e. The second kappa shape index (κ2) is 4.83. The minimum atomic E-state index is 0.00445. The predicted octanol–water partition coefficient (Wildman–Crippen LogP) is 5.86. The molecule has 0 saturated heterocycles. The van der Waals surface area contributed by atoms with E-state index in [4.69, 9.17) is 9.40 Å². The molecule has 3 nitrogen and oxygen atoms in total. The monoisotopic (exact) mass is 349 g/mol. The number of aryl methyl sites for hydroxylation is 2. The molecule has 27 heavy (non-hydrogen) atoms. The van der Waals surface area contributed by atoms with E-state index in [0.717, 1.165) is 54.9 Å². The third-order valence-corrected chi connectivity index (χ3v) is 5.63. The Morgan fingerprint density at radius 2 is 1.44 bits per heavy atom. The molecule has 0 aliphatic rings. The lowest BCUT2D eigenvalue weighted by atomic mass is 10.0. The van der Waals surface area contributed by atoms with Gasteiger partial charge in [-0.15, -0.1) is 0 Å². The molecule has 0 bridgehead atoms. The number of pyridine rings is 1. The molecule has 4 aromatic carbocycles. The van der Waals surface area contributed by atoms with Crippen LogP contribution in [0.2, 0.25) is 0 Å². The summed E-state index contributed by atoms with van der Waals surface area (Å²) in [4.78, 5) is 18.4. The van der Waals surface area contributed by atoms with Gasteiger partial charge >= 0.3 is 0 Å². The van der Waals surface area contributed by atoms with Gasteiger partial charge in [-0.05, 0) is 43.2 Å². The van der Waals surface area contributed by atoms with Crippen molar-refractivity contribution in [2.45, 2.75) is 13.8 Å². The van der Waals surface area contributed by atoms with Crippen LogP contribution in [-0.4, -0.2) is 4.98 Å². The average molecular weight is 349 g/mol. The molecule has 6 rings (SSSR count). The Kier molecular flexibility index (Phi) is 2.63. The fourth-order valence-corrected chi connectivity index (χ4v) is 4.26. The van der Waals surface area contributed by atoms with E-state index >= 15 is 0 Å². The molecule has 0 amide bonds. The Morgan fingerprint density at radius 1 is 0.778 bits per heavy atom. The van der Waals surface area contributed by atoms with Crippen molar-refractivity contribution >= 4 is 54.5 Å². The summed E-state index contributed by atoms with van der Waals surface area (Å²) < 4.78 is 6.24. The van der Waals surface area contributed by atoms with Crippen LogP contribution >= 0.6 is 0 Å². The maximum absolute atomic E-state index is 13.5. The Hall–Kier alpha value is -3.46. The highest BCUT2D eigenvalue weighted by molar-refractivity contribution is 6.27. The summed E-state index contributed by atoms with van der Waals surface area (Å²) >= 11 is 0. The quantitative estimate of drug-likeness (QED) is 0.345. The van der Waals surface area contributed by atoms with Crippen LogP contribution in [0, 0.1) is 13.8 Å². The van der Waals surface area contributed by atoms with E-state index in [-0.39, 0.29) is 5.43 Å². The molecule has 0 fully saturated rings. The van der Waals surface area contributed by atoms with Crippen LogP contribution in [0.25, 0.3) is 54.5 Å². The lowest BCUT2D eigenvalue weighted by molar-refractivity contribution is 0.663. The first kappa shape index (κ1) is 14.7. The number of para-hydroxylation sites is 1. The van der Waals surface area contributed by atoms with Crippen LogP contribution in [0.3, 0.4) is 0 Å². The number of rotatable bonds is 0. The number of nitrogens with zero attached hydrogens (tertiary/aromatic N) is 1. The van der Waals surface area contributed by atoms with Crippen molar-refractivity contribution in [3.8, 4) is 0 Å². The van der Waals surface area contributed by atoms with Crippen LogP contribution in [0.5, 0.6) is 0 Å². The molecule has 3 heteroatoms. The number of furan rings is 1. The minimum absolute atomic E-state index is 0.00445. The van der Waals surface area contributed by atoms with Gasteiger partial charge in [-0.3, -0.25) is 4.79 Å². The smallest absolute Gasteiger partial charge is 0.196 e. The maximum atomic E-state index is 13.5. The molecule has 6 aromatic rings. The SMILES string of the molecule is Cc1ccc2c(=O)c3cc4ccccc4nc3c3ccc(C)c4oc1c2c43. The molecular formula is C24H15NO2. The van der Waals surface area contributed by atoms with Crippen LogP contribution < -0.4 is 5.43 Å². The van der Waals surface area contributed by atoms with Gasteiger partial charge in [0.2, 0.25) is 0 Å². The number of hydrogen-bond donors (Lipinski definition) is 0. The van der Waals surface area contributed by atoms with Gasteiger partial charge in [-0.1, -0.05) is 36.4 Å². The third kappa shape index (κ3) is 1.76. The molecule has 0 unspecified atom stereocenters. The molecule has 0 aliphatic heterocycles. The minimum Gasteiger partial charge on any atom is -0.455 e. The van der Waals surface area contributed by atoms with Crippen LogP contribution in [0.4, 0.5) is 0 Å². The fraction of sp³-hybridized carbons (Fsp3) is 0.0833. The molecule has 0 saturated carbocycles. The Labute approximate surface area is 154 Å². The normalized spacial score (nSPS) is 12.2. The summed E-state index contributed by atoms with van der Waals surface area (Å²) in [7, 11) is 0. The lowest BCUT2D eigenvalue weighted by Crippen LogP contribution is -1.99. The molecule has 2 aromatic heterocycles. The number of aromatic nitrogens is 1. The van der Waals surface area contributed by atoms with Crippen LogP contribution in [-0.2, 0) is 0 Å². The molecule has 0 N–H and O–H groups in total. The molecule has 0 aliphatic carbocycles. The zero-order valence-corrected chi connectivity index (χ0v) is 15.0. The van der Waals surface area contributed by atoms with E-state index in [9.17, 15) is 4.79 Å². The van der Waals surface area contributed by atoms with Crippen molar-refractivity contribution in [3.63, 3.8) is 0 Å². The van der Waals surface area contributed by atoms with Crippen molar-refractivity contribution in [2.75, 3.05) is 0 Å². The predicted molar refractivity (Wildman–Crippen MR) is 111 cm³/mol. The second-order valence-corrected chi connectivity index (χ2v) is 7.28. The highest BCUT2D eigenvalue weighted by Gasteiger charge is 2.20. The van der Waals surface area contributed by atoms with Crippen molar-refractivity contribution in [1.82, 2.24) is 4.98 Å². The van der Waals surface area contributed by atoms with Crippen LogP contribution in [0.15, 0.2) is 63.8 Å². The van der Waals surface area contributed by atoms with E-state index in [1.54, 1.807) is 0 Å². The van der Waals surface area contributed by atoms with Gasteiger partial charge in [0.15, 0.2) is 5.43 Å². The molecule has 2 heterocycles. The second-order valence-electron chi connectivity index (χ2n) is 7.28. The number of fused-ring (bicyclic) bond motifs is 3. The number of hydrogen-bond acceptors (Lipinski definition) is 3. The highest BCUT2D eigenvalue weighted by Crippen LogP contribution is 2.40. The highest BCUT2D eigenvalue weighted by atomic mass is 16.3. The van der Waals surface area contributed by atoms with Crippen molar-refractivity contribution in [1.29, 1.82) is 0 Å². The van der Waals surface area contributed by atoms with E-state index in [1.165, 1.54) is 0 Å². The molecule has 0 atom stereocenters. The first-order valence-corrected chi connectivity index (χ1v) is 9.04. The molecule has 128 valence electrons. The Bertz CT molecular complexity index is 1610. The van der Waals surface area contributed by atoms with Gasteiger partial charge in [0, 0.05) is 32.3 Å². The van der Waals surface area contributed by atoms with Gasteiger partial charge in [0.05, 0.1) is 11.0 Å². The summed E-state index contributed by atoms with van der Waals surface area (Å²) in [6.07, 6.45) is 0. The standard InChI is InChI=1S/C24H15NO2/c1-12-7-9-15-19-20-16(10-8-13(2)24(20)27-23(12)19)22(26)17-11-14-5-3-4-6-18(14)25-21(15)17/h3-11H,1-2H3. The van der Waals surface area contributed by atoms with E-state index in [1.807, 2.05) is 62.4 Å². The summed E-state index contributed by atoms with van der Waals surface area (Å²) in [6.45, 7) is 4.06. The molecule has 0 radical (unpaired) electrons. The van der Waals surface area contributed by atoms with Crippen molar-refractivity contribution in [2.24, 2.45) is 0 Å². The summed E-state index contributed by atoms with van der Waals surface area (Å²) in [5.41, 5.74) is 5.36. The summed E-state index contributed by atoms with van der Waals surface area (Å²) in [5.74, 6) is 0. The van der Waals surface area contributed by atoms with E-state index in [0.29, 0.717) is 10.8 Å². The van der Waals surface area contributed by atoms with Gasteiger partial charge < -0.3 is 4.42 Å². The summed E-state index contributed by atoms with van der Waals surface area (Å²) in [6, 6.07) is 17.9. The van der Waals surface area contributed by atoms with Gasteiger partial charge in [-0.2, -0.15) is 0 Å². The van der Waals surface area contributed by atoms with Crippen LogP contribution in [0.1, 0.15) is 11.1 Å². The van der Waals surface area contributed by atoms with Gasteiger partial charge in [0.1, 0.15) is 11.2 Å². The van der Waals surface area contributed by atoms with Crippen molar-refractivity contribution < 1.29 is 4.42 Å².